The summed E-state index contributed by atoms with van der Waals surface area (Å²) in [4.78, 5) is 26.7. The van der Waals surface area contributed by atoms with Crippen LogP contribution in [0.15, 0.2) is 24.3 Å². The van der Waals surface area contributed by atoms with Crippen LogP contribution in [0.4, 0.5) is 0 Å². The summed E-state index contributed by atoms with van der Waals surface area (Å²) < 4.78 is 11.8. The molecule has 1 aliphatic carbocycles. The minimum absolute atomic E-state index is 0.0553. The molecule has 23 heavy (non-hydrogen) atoms. The van der Waals surface area contributed by atoms with E-state index in [2.05, 4.69) is 0 Å². The Kier molecular flexibility index (Phi) is 3.13. The highest BCUT2D eigenvalue weighted by atomic mass is 16.8. The number of aliphatic hydroxyl groups is 1. The molecule has 1 aromatic carbocycles. The molecule has 1 saturated carbocycles. The van der Waals surface area contributed by atoms with Crippen LogP contribution in [-0.2, 0) is 9.47 Å². The van der Waals surface area contributed by atoms with Crippen molar-refractivity contribution in [2.75, 3.05) is 6.61 Å². The molecule has 3 aliphatic rings. The SMILES string of the molecule is CC1(C)O[C@@H]2[C@@H](CO)C[C@@H](N3C(=O)c4ccccc4C3=O)[C@@H]2O1. The van der Waals surface area contributed by atoms with Crippen LogP contribution in [0.3, 0.4) is 0 Å². The van der Waals surface area contributed by atoms with Crippen molar-refractivity contribution in [1.29, 1.82) is 0 Å². The third-order valence-corrected chi connectivity index (χ3v) is 4.94. The maximum atomic E-state index is 12.7. The van der Waals surface area contributed by atoms with Gasteiger partial charge in [0.05, 0.1) is 23.3 Å². The van der Waals surface area contributed by atoms with Crippen LogP contribution in [0.2, 0.25) is 0 Å². The fraction of sp³-hybridized carbons (Fsp3) is 0.529. The fourth-order valence-corrected chi connectivity index (χ4v) is 4.00. The lowest BCUT2D eigenvalue weighted by molar-refractivity contribution is -0.162. The average Bonchev–Trinajstić information content (AvgIpc) is 3.08. The van der Waals surface area contributed by atoms with Crippen LogP contribution in [0.25, 0.3) is 0 Å². The Morgan fingerprint density at radius 2 is 1.70 bits per heavy atom. The summed E-state index contributed by atoms with van der Waals surface area (Å²) in [5, 5.41) is 9.63. The lowest BCUT2D eigenvalue weighted by Gasteiger charge is -2.28. The van der Waals surface area contributed by atoms with E-state index in [4.69, 9.17) is 9.47 Å². The van der Waals surface area contributed by atoms with Gasteiger partial charge in [0.15, 0.2) is 5.79 Å². The summed E-state index contributed by atoms with van der Waals surface area (Å²) in [5.41, 5.74) is 0.861. The third kappa shape index (κ3) is 2.06. The minimum Gasteiger partial charge on any atom is -0.396 e. The number of amides is 2. The highest BCUT2D eigenvalue weighted by Crippen LogP contribution is 2.44. The highest BCUT2D eigenvalue weighted by molar-refractivity contribution is 6.21. The molecule has 2 aliphatic heterocycles. The van der Waals surface area contributed by atoms with E-state index in [1.54, 1.807) is 38.1 Å². The van der Waals surface area contributed by atoms with Gasteiger partial charge in [-0.1, -0.05) is 12.1 Å². The molecule has 2 heterocycles. The van der Waals surface area contributed by atoms with Crippen LogP contribution < -0.4 is 0 Å². The second-order valence-corrected chi connectivity index (χ2v) is 6.84. The molecular weight excluding hydrogens is 298 g/mol. The molecule has 6 nitrogen and oxygen atoms in total. The molecule has 1 aromatic rings. The van der Waals surface area contributed by atoms with Crippen molar-refractivity contribution in [2.45, 2.75) is 44.3 Å². The maximum absolute atomic E-state index is 12.7. The Bertz CT molecular complexity index is 650. The summed E-state index contributed by atoms with van der Waals surface area (Å²) >= 11 is 0. The molecule has 0 aromatic heterocycles. The third-order valence-electron chi connectivity index (χ3n) is 4.94. The van der Waals surface area contributed by atoms with Gasteiger partial charge >= 0.3 is 0 Å². The van der Waals surface area contributed by atoms with E-state index in [1.807, 2.05) is 0 Å². The first-order valence-electron chi connectivity index (χ1n) is 7.86. The number of fused-ring (bicyclic) bond motifs is 2. The second kappa shape index (κ2) is 4.87. The van der Waals surface area contributed by atoms with Gasteiger partial charge in [0, 0.05) is 12.5 Å². The van der Waals surface area contributed by atoms with Crippen LogP contribution in [-0.4, -0.2) is 52.5 Å². The fourth-order valence-electron chi connectivity index (χ4n) is 4.00. The van der Waals surface area contributed by atoms with Gasteiger partial charge in [-0.25, -0.2) is 0 Å². The van der Waals surface area contributed by atoms with E-state index in [0.717, 1.165) is 0 Å². The Morgan fingerprint density at radius 1 is 1.13 bits per heavy atom. The van der Waals surface area contributed by atoms with Gasteiger partial charge in [-0.3, -0.25) is 14.5 Å². The summed E-state index contributed by atoms with van der Waals surface area (Å²) in [6, 6.07) is 6.43. The second-order valence-electron chi connectivity index (χ2n) is 6.84. The van der Waals surface area contributed by atoms with Crippen LogP contribution >= 0.6 is 0 Å². The monoisotopic (exact) mass is 317 g/mol. The number of carbonyl (C=O) groups is 2. The number of aliphatic hydroxyl groups excluding tert-OH is 1. The number of carbonyl (C=O) groups excluding carboxylic acids is 2. The predicted molar refractivity (Wildman–Crippen MR) is 79.7 cm³/mol. The Morgan fingerprint density at radius 3 is 2.26 bits per heavy atom. The predicted octanol–water partition coefficient (Wildman–Crippen LogP) is 1.18. The van der Waals surface area contributed by atoms with Gasteiger partial charge in [-0.05, 0) is 32.4 Å². The first-order chi connectivity index (χ1) is 10.9. The number of hydrogen-bond donors (Lipinski definition) is 1. The standard InChI is InChI=1S/C17H19NO5/c1-17(2)22-13-9(8-19)7-12(14(13)23-17)18-15(20)10-5-3-4-6-11(10)16(18)21/h3-6,9,12-14,19H,7-8H2,1-2H3/t9-,12-,13-,14+/m1/s1. The molecule has 1 N–H and O–H groups in total. The van der Waals surface area contributed by atoms with Gasteiger partial charge in [0.25, 0.3) is 11.8 Å². The van der Waals surface area contributed by atoms with Gasteiger partial charge in [-0.2, -0.15) is 0 Å². The molecule has 4 atom stereocenters. The molecule has 0 unspecified atom stereocenters. The zero-order valence-corrected chi connectivity index (χ0v) is 13.1. The zero-order chi connectivity index (χ0) is 16.4. The van der Waals surface area contributed by atoms with E-state index < -0.39 is 17.9 Å². The topological polar surface area (TPSA) is 76.1 Å². The van der Waals surface area contributed by atoms with E-state index in [0.29, 0.717) is 17.5 Å². The Labute approximate surface area is 134 Å². The lowest BCUT2D eigenvalue weighted by Crippen LogP contribution is -2.46. The molecule has 122 valence electrons. The number of imide groups is 1. The van der Waals surface area contributed by atoms with E-state index in [9.17, 15) is 14.7 Å². The molecular formula is C17H19NO5. The van der Waals surface area contributed by atoms with Crippen molar-refractivity contribution in [3.8, 4) is 0 Å². The van der Waals surface area contributed by atoms with E-state index >= 15 is 0 Å². The van der Waals surface area contributed by atoms with Crippen molar-refractivity contribution in [2.24, 2.45) is 5.92 Å². The first kappa shape index (κ1) is 14.8. The maximum Gasteiger partial charge on any atom is 0.261 e. The van der Waals surface area contributed by atoms with Crippen LogP contribution in [0.1, 0.15) is 41.0 Å². The summed E-state index contributed by atoms with van der Waals surface area (Å²) in [5.74, 6) is -1.50. The number of hydrogen-bond acceptors (Lipinski definition) is 5. The number of nitrogens with zero attached hydrogens (tertiary/aromatic N) is 1. The van der Waals surface area contributed by atoms with Gasteiger partial charge in [-0.15, -0.1) is 0 Å². The largest absolute Gasteiger partial charge is 0.396 e. The minimum atomic E-state index is -0.778. The Hall–Kier alpha value is -1.76. The lowest BCUT2D eigenvalue weighted by atomic mass is 10.1. The smallest absolute Gasteiger partial charge is 0.261 e. The summed E-state index contributed by atoms with van der Waals surface area (Å²) in [6.07, 6.45) is -0.207. The number of rotatable bonds is 2. The van der Waals surface area contributed by atoms with Crippen LogP contribution in [0.5, 0.6) is 0 Å². The molecule has 2 fully saturated rings. The van der Waals surface area contributed by atoms with Crippen molar-refractivity contribution in [3.05, 3.63) is 35.4 Å². The van der Waals surface area contributed by atoms with Crippen molar-refractivity contribution < 1.29 is 24.2 Å². The van der Waals surface area contributed by atoms with Crippen molar-refractivity contribution >= 4 is 11.8 Å². The van der Waals surface area contributed by atoms with Crippen molar-refractivity contribution in [1.82, 2.24) is 4.90 Å². The van der Waals surface area contributed by atoms with E-state index in [-0.39, 0.29) is 30.4 Å². The zero-order valence-electron chi connectivity index (χ0n) is 13.1. The Balaban J connectivity index is 1.69. The molecule has 0 bridgehead atoms. The highest BCUT2D eigenvalue weighted by Gasteiger charge is 2.58. The van der Waals surface area contributed by atoms with Crippen LogP contribution in [0, 0.1) is 5.92 Å². The molecule has 2 amide bonds. The quantitative estimate of drug-likeness (QED) is 0.829. The first-order valence-corrected chi connectivity index (χ1v) is 7.86. The number of benzene rings is 1. The molecule has 1 saturated heterocycles. The van der Waals surface area contributed by atoms with Gasteiger partial charge in [0.2, 0.25) is 0 Å². The van der Waals surface area contributed by atoms with Gasteiger partial charge in [0.1, 0.15) is 6.10 Å². The van der Waals surface area contributed by atoms with Gasteiger partial charge < -0.3 is 14.6 Å². The molecule has 4 rings (SSSR count). The number of ether oxygens (including phenoxy) is 2. The van der Waals surface area contributed by atoms with E-state index in [1.165, 1.54) is 4.90 Å². The molecule has 0 spiro atoms. The average molecular weight is 317 g/mol. The van der Waals surface area contributed by atoms with Crippen molar-refractivity contribution in [3.63, 3.8) is 0 Å². The summed E-state index contributed by atoms with van der Waals surface area (Å²) in [7, 11) is 0. The molecule has 6 heteroatoms. The molecule has 0 radical (unpaired) electrons. The summed E-state index contributed by atoms with van der Waals surface area (Å²) in [6.45, 7) is 3.55. The normalized spacial score (nSPS) is 34.8.